The highest BCUT2D eigenvalue weighted by atomic mass is 16.5. The average Bonchev–Trinajstić information content (AvgIpc) is 2.98. The lowest BCUT2D eigenvalue weighted by molar-refractivity contribution is 0.0557. The van der Waals surface area contributed by atoms with Gasteiger partial charge in [-0.05, 0) is 31.0 Å². The highest BCUT2D eigenvalue weighted by Gasteiger charge is 2.20. The summed E-state index contributed by atoms with van der Waals surface area (Å²) in [6.07, 6.45) is 7.44. The number of terminal acetylenes is 1. The number of nitrogens with zero attached hydrogens (tertiary/aromatic N) is 1. The Balaban J connectivity index is 2.30. The molecule has 0 spiro atoms. The monoisotopic (exact) mass is 258 g/mol. The van der Waals surface area contributed by atoms with Crippen LogP contribution in [-0.4, -0.2) is 32.7 Å². The van der Waals surface area contributed by atoms with E-state index in [1.165, 1.54) is 0 Å². The van der Waals surface area contributed by atoms with Gasteiger partial charge in [-0.3, -0.25) is 0 Å². The van der Waals surface area contributed by atoms with E-state index in [9.17, 15) is 4.79 Å². The minimum Gasteiger partial charge on any atom is -0.449 e. The Morgan fingerprint density at radius 1 is 1.47 bits per heavy atom. The van der Waals surface area contributed by atoms with E-state index in [1.54, 1.807) is 0 Å². The zero-order valence-electron chi connectivity index (χ0n) is 11.1. The second kappa shape index (κ2) is 6.14. The zero-order chi connectivity index (χ0) is 13.7. The van der Waals surface area contributed by atoms with Gasteiger partial charge in [0.1, 0.15) is 0 Å². The zero-order valence-corrected chi connectivity index (χ0v) is 11.1. The Morgan fingerprint density at radius 3 is 2.84 bits per heavy atom. The lowest BCUT2D eigenvalue weighted by atomic mass is 10.1. The van der Waals surface area contributed by atoms with Gasteiger partial charge in [-0.2, -0.15) is 0 Å². The third kappa shape index (κ3) is 3.00. The Kier molecular flexibility index (Phi) is 4.30. The number of benzene rings is 1. The molecule has 2 rings (SSSR count). The summed E-state index contributed by atoms with van der Waals surface area (Å²) in [5.41, 5.74) is 2.39. The molecule has 4 heteroatoms. The average molecular weight is 258 g/mol. The van der Waals surface area contributed by atoms with Gasteiger partial charge in [0.25, 0.3) is 0 Å². The minimum absolute atomic E-state index is 0.00204. The molecule has 0 unspecified atom stereocenters. The fourth-order valence-corrected chi connectivity index (χ4v) is 2.27. The first-order valence-corrected chi connectivity index (χ1v) is 6.43. The molecule has 0 radical (unpaired) electrons. The number of ether oxygens (including phenoxy) is 1. The third-order valence-electron chi connectivity index (χ3n) is 3.24. The van der Waals surface area contributed by atoms with E-state index in [2.05, 4.69) is 16.1 Å². The molecule has 0 amide bonds. The first-order valence-electron chi connectivity index (χ1n) is 6.43. The van der Waals surface area contributed by atoms with Crippen molar-refractivity contribution in [2.24, 2.45) is 0 Å². The van der Waals surface area contributed by atoms with Gasteiger partial charge in [0, 0.05) is 25.8 Å². The maximum Gasteiger partial charge on any atom is 0.341 e. The van der Waals surface area contributed by atoms with Gasteiger partial charge < -0.3 is 15.0 Å². The molecule has 1 aromatic carbocycles. The highest BCUT2D eigenvalue weighted by Crippen LogP contribution is 2.28. The number of carbonyl (C=O) groups is 1. The topological polar surface area (TPSA) is 41.6 Å². The van der Waals surface area contributed by atoms with E-state index < -0.39 is 0 Å². The molecule has 1 aliphatic heterocycles. The van der Waals surface area contributed by atoms with E-state index in [0.29, 0.717) is 5.56 Å². The van der Waals surface area contributed by atoms with Crippen molar-refractivity contribution in [3.8, 4) is 12.3 Å². The standard InChI is InChI=1S/C15H18N2O2/c1-3-10-19-15(18)13-11-12(16-2)6-7-14(13)17-8-4-5-9-17/h1,6-7,11,16H,4-5,8-10H2,2H3. The van der Waals surface area contributed by atoms with Crippen LogP contribution < -0.4 is 10.2 Å². The van der Waals surface area contributed by atoms with E-state index in [1.807, 2.05) is 25.2 Å². The molecule has 0 aromatic heterocycles. The fraction of sp³-hybridized carbons (Fsp3) is 0.400. The lowest BCUT2D eigenvalue weighted by Gasteiger charge is -2.21. The van der Waals surface area contributed by atoms with Crippen molar-refractivity contribution in [3.05, 3.63) is 23.8 Å². The molecule has 100 valence electrons. The Morgan fingerprint density at radius 2 is 2.21 bits per heavy atom. The van der Waals surface area contributed by atoms with Crippen molar-refractivity contribution < 1.29 is 9.53 Å². The van der Waals surface area contributed by atoms with Crippen LogP contribution in [0.4, 0.5) is 11.4 Å². The second-order valence-electron chi connectivity index (χ2n) is 4.46. The SMILES string of the molecule is C#CCOC(=O)c1cc(NC)ccc1N1CCCC1. The molecule has 0 aliphatic carbocycles. The van der Waals surface area contributed by atoms with Crippen molar-refractivity contribution in [2.45, 2.75) is 12.8 Å². The summed E-state index contributed by atoms with van der Waals surface area (Å²) < 4.78 is 5.05. The number of hydrogen-bond acceptors (Lipinski definition) is 4. The molecule has 1 aliphatic rings. The van der Waals surface area contributed by atoms with Crippen molar-refractivity contribution in [2.75, 3.05) is 37.0 Å². The number of hydrogen-bond donors (Lipinski definition) is 1. The van der Waals surface area contributed by atoms with Gasteiger partial charge in [-0.1, -0.05) is 5.92 Å². The normalized spacial score (nSPS) is 14.0. The van der Waals surface area contributed by atoms with Crippen molar-refractivity contribution in [3.63, 3.8) is 0 Å². The summed E-state index contributed by atoms with van der Waals surface area (Å²) in [6.45, 7) is 1.96. The van der Waals surface area contributed by atoms with Crippen molar-refractivity contribution >= 4 is 17.3 Å². The van der Waals surface area contributed by atoms with Crippen LogP contribution in [0, 0.1) is 12.3 Å². The number of carbonyl (C=O) groups excluding carboxylic acids is 1. The molecule has 4 nitrogen and oxygen atoms in total. The Hall–Kier alpha value is -2.15. The summed E-state index contributed by atoms with van der Waals surface area (Å²) in [6, 6.07) is 5.74. The smallest absolute Gasteiger partial charge is 0.341 e. The van der Waals surface area contributed by atoms with Crippen LogP contribution in [0.3, 0.4) is 0 Å². The fourth-order valence-electron chi connectivity index (χ4n) is 2.27. The number of esters is 1. The van der Waals surface area contributed by atoms with Crippen LogP contribution in [0.25, 0.3) is 0 Å². The first-order chi connectivity index (χ1) is 9.26. The summed E-state index contributed by atoms with van der Waals surface area (Å²) in [5.74, 6) is 1.95. The predicted octanol–water partition coefficient (Wildman–Crippen LogP) is 2.12. The third-order valence-corrected chi connectivity index (χ3v) is 3.24. The maximum atomic E-state index is 12.1. The van der Waals surface area contributed by atoms with Crippen LogP contribution in [0.15, 0.2) is 18.2 Å². The summed E-state index contributed by atoms with van der Waals surface area (Å²) >= 11 is 0. The Labute approximate surface area is 113 Å². The number of anilines is 2. The Bertz CT molecular complexity index is 499. The second-order valence-corrected chi connectivity index (χ2v) is 4.46. The molecule has 1 fully saturated rings. The van der Waals surface area contributed by atoms with Gasteiger partial charge in [0.2, 0.25) is 0 Å². The molecule has 0 bridgehead atoms. The van der Waals surface area contributed by atoms with E-state index in [4.69, 9.17) is 11.2 Å². The van der Waals surface area contributed by atoms with Gasteiger partial charge in [0.05, 0.1) is 11.3 Å². The number of rotatable bonds is 4. The van der Waals surface area contributed by atoms with Gasteiger partial charge in [0.15, 0.2) is 6.61 Å². The molecular weight excluding hydrogens is 240 g/mol. The van der Waals surface area contributed by atoms with Crippen molar-refractivity contribution in [1.82, 2.24) is 0 Å². The van der Waals surface area contributed by atoms with Gasteiger partial charge in [-0.15, -0.1) is 6.42 Å². The molecule has 1 saturated heterocycles. The summed E-state index contributed by atoms with van der Waals surface area (Å²) in [7, 11) is 1.82. The summed E-state index contributed by atoms with van der Waals surface area (Å²) in [5, 5.41) is 3.03. The highest BCUT2D eigenvalue weighted by molar-refractivity contribution is 5.97. The van der Waals surface area contributed by atoms with Crippen LogP contribution in [-0.2, 0) is 4.74 Å². The van der Waals surface area contributed by atoms with Gasteiger partial charge in [-0.25, -0.2) is 4.79 Å². The van der Waals surface area contributed by atoms with E-state index in [-0.39, 0.29) is 12.6 Å². The predicted molar refractivity (Wildman–Crippen MR) is 76.6 cm³/mol. The lowest BCUT2D eigenvalue weighted by Crippen LogP contribution is -2.21. The molecular formula is C15H18N2O2. The van der Waals surface area contributed by atoms with Crippen LogP contribution in [0.5, 0.6) is 0 Å². The molecule has 0 atom stereocenters. The molecule has 1 aromatic rings. The minimum atomic E-state index is -0.364. The van der Waals surface area contributed by atoms with Gasteiger partial charge >= 0.3 is 5.97 Å². The van der Waals surface area contributed by atoms with E-state index in [0.717, 1.165) is 37.3 Å². The molecule has 1 N–H and O–H groups in total. The van der Waals surface area contributed by atoms with Crippen LogP contribution >= 0.6 is 0 Å². The van der Waals surface area contributed by atoms with Crippen LogP contribution in [0.2, 0.25) is 0 Å². The first kappa shape index (κ1) is 13.3. The van der Waals surface area contributed by atoms with Crippen LogP contribution in [0.1, 0.15) is 23.2 Å². The van der Waals surface area contributed by atoms with Crippen molar-refractivity contribution in [1.29, 1.82) is 0 Å². The molecule has 0 saturated carbocycles. The maximum absolute atomic E-state index is 12.1. The largest absolute Gasteiger partial charge is 0.449 e. The quantitative estimate of drug-likeness (QED) is 0.663. The molecule has 19 heavy (non-hydrogen) atoms. The molecule has 1 heterocycles. The number of nitrogens with one attached hydrogen (secondary N) is 1. The van der Waals surface area contributed by atoms with E-state index >= 15 is 0 Å². The summed E-state index contributed by atoms with van der Waals surface area (Å²) in [4.78, 5) is 14.3.